The molecule has 0 amide bonds. The van der Waals surface area contributed by atoms with Gasteiger partial charge in [0, 0.05) is 0 Å². The second-order valence-electron chi connectivity index (χ2n) is 9.59. The van der Waals surface area contributed by atoms with E-state index in [9.17, 15) is 0 Å². The van der Waals surface area contributed by atoms with Gasteiger partial charge in [0.05, 0.1) is 0 Å². The van der Waals surface area contributed by atoms with Gasteiger partial charge in [0.25, 0.3) is 0 Å². The van der Waals surface area contributed by atoms with Crippen LogP contribution in [0.3, 0.4) is 0 Å². The van der Waals surface area contributed by atoms with Crippen molar-refractivity contribution in [3.63, 3.8) is 0 Å². The van der Waals surface area contributed by atoms with Crippen molar-refractivity contribution in [2.75, 3.05) is 0 Å². The van der Waals surface area contributed by atoms with Gasteiger partial charge in [-0.15, -0.1) is 0 Å². The van der Waals surface area contributed by atoms with Crippen molar-refractivity contribution >= 4 is 0 Å². The summed E-state index contributed by atoms with van der Waals surface area (Å²) < 4.78 is 0. The van der Waals surface area contributed by atoms with Crippen LogP contribution in [0.1, 0.15) is 120 Å². The Morgan fingerprint density at radius 1 is 0.567 bits per heavy atom. The largest absolute Gasteiger partial charge is 0.0654 e. The third-order valence-corrected chi connectivity index (χ3v) is 7.09. The van der Waals surface area contributed by atoms with Crippen LogP contribution in [-0.4, -0.2) is 0 Å². The molecule has 164 valence electrons. The molecule has 0 N–H and O–H groups in total. The lowest BCUT2D eigenvalue weighted by molar-refractivity contribution is 0.443. The van der Waals surface area contributed by atoms with Crippen LogP contribution in [0.5, 0.6) is 0 Å². The van der Waals surface area contributed by atoms with Crippen molar-refractivity contribution in [3.05, 3.63) is 59.7 Å². The lowest BCUT2D eigenvalue weighted by Crippen LogP contribution is -2.04. The first-order chi connectivity index (χ1) is 14.9. The normalized spacial score (nSPS) is 14.8. The molecular weight excluding hydrogens is 360 g/mol. The van der Waals surface area contributed by atoms with Gasteiger partial charge in [0.15, 0.2) is 0 Å². The van der Waals surface area contributed by atoms with Gasteiger partial charge in [-0.3, -0.25) is 0 Å². The van der Waals surface area contributed by atoms with Crippen molar-refractivity contribution in [2.45, 2.75) is 116 Å². The monoisotopic (exact) mass is 404 g/mol. The Morgan fingerprint density at radius 2 is 1.07 bits per heavy atom. The zero-order valence-electron chi connectivity index (χ0n) is 19.5. The van der Waals surface area contributed by atoms with Gasteiger partial charge in [0.1, 0.15) is 0 Å². The molecule has 0 unspecified atom stereocenters. The summed E-state index contributed by atoms with van der Waals surface area (Å²) in [5, 5.41) is 0. The highest BCUT2D eigenvalue weighted by atomic mass is 14.2. The topological polar surface area (TPSA) is 0 Å². The summed E-state index contributed by atoms with van der Waals surface area (Å²) >= 11 is 0. The maximum absolute atomic E-state index is 2.38. The molecule has 0 bridgehead atoms. The van der Waals surface area contributed by atoms with Crippen molar-refractivity contribution in [1.82, 2.24) is 0 Å². The van der Waals surface area contributed by atoms with Crippen LogP contribution in [0.4, 0.5) is 0 Å². The fourth-order valence-electron chi connectivity index (χ4n) is 5.06. The predicted octanol–water partition coefficient (Wildman–Crippen LogP) is 9.86. The van der Waals surface area contributed by atoms with Crippen LogP contribution < -0.4 is 0 Å². The van der Waals surface area contributed by atoms with Crippen LogP contribution in [0.15, 0.2) is 48.5 Å². The lowest BCUT2D eigenvalue weighted by atomic mass is 9.83. The second kappa shape index (κ2) is 13.7. The fourth-order valence-corrected chi connectivity index (χ4v) is 5.06. The Kier molecular flexibility index (Phi) is 10.5. The van der Waals surface area contributed by atoms with Crippen molar-refractivity contribution in [3.8, 4) is 11.1 Å². The quantitative estimate of drug-likeness (QED) is 0.291. The van der Waals surface area contributed by atoms with Gasteiger partial charge in [0.2, 0.25) is 0 Å². The molecule has 0 nitrogen and oxygen atoms in total. The average Bonchev–Trinajstić information content (AvgIpc) is 2.81. The van der Waals surface area contributed by atoms with Gasteiger partial charge in [-0.2, -0.15) is 0 Å². The van der Waals surface area contributed by atoms with Crippen molar-refractivity contribution in [2.24, 2.45) is 0 Å². The summed E-state index contributed by atoms with van der Waals surface area (Å²) in [7, 11) is 0. The lowest BCUT2D eigenvalue weighted by Gasteiger charge is -2.22. The minimum absolute atomic E-state index is 0.802. The molecule has 0 saturated heterocycles. The molecule has 30 heavy (non-hydrogen) atoms. The van der Waals surface area contributed by atoms with E-state index in [1.807, 2.05) is 0 Å². The molecule has 3 rings (SSSR count). The zero-order valence-corrected chi connectivity index (χ0v) is 19.5. The second-order valence-corrected chi connectivity index (χ2v) is 9.59. The average molecular weight is 405 g/mol. The Balaban J connectivity index is 1.34. The van der Waals surface area contributed by atoms with Crippen molar-refractivity contribution in [1.29, 1.82) is 0 Å². The molecule has 0 aliphatic heterocycles. The molecule has 1 aliphatic carbocycles. The molecule has 2 aromatic carbocycles. The predicted molar refractivity (Wildman–Crippen MR) is 133 cm³/mol. The van der Waals surface area contributed by atoms with E-state index < -0.39 is 0 Å². The number of aryl methyl sites for hydroxylation is 1. The number of hydrogen-bond donors (Lipinski definition) is 0. The van der Waals surface area contributed by atoms with Gasteiger partial charge < -0.3 is 0 Å². The van der Waals surface area contributed by atoms with E-state index in [1.54, 1.807) is 5.56 Å². The van der Waals surface area contributed by atoms with E-state index in [0.717, 1.165) is 5.92 Å². The molecule has 0 aromatic heterocycles. The van der Waals surface area contributed by atoms with Crippen molar-refractivity contribution < 1.29 is 0 Å². The van der Waals surface area contributed by atoms with Gasteiger partial charge in [-0.1, -0.05) is 133 Å². The number of unbranched alkanes of at least 4 members (excludes halogenated alkanes) is 9. The first-order valence-corrected chi connectivity index (χ1v) is 13.1. The van der Waals surface area contributed by atoms with Crippen LogP contribution in [0, 0.1) is 0 Å². The zero-order chi connectivity index (χ0) is 20.9. The van der Waals surface area contributed by atoms with E-state index in [2.05, 4.69) is 55.5 Å². The molecule has 2 aromatic rings. The number of hydrogen-bond acceptors (Lipinski definition) is 0. The molecule has 1 fully saturated rings. The highest BCUT2D eigenvalue weighted by molar-refractivity contribution is 5.64. The van der Waals surface area contributed by atoms with Gasteiger partial charge in [-0.25, -0.2) is 0 Å². The minimum Gasteiger partial charge on any atom is -0.0654 e. The standard InChI is InChI=1S/C30H44/c1-2-3-4-5-6-7-8-9-10-12-15-26-18-20-28(21-19-26)30-24-22-29(23-25-30)27-16-13-11-14-17-27/h18-25,27H,2-17H2,1H3. The minimum atomic E-state index is 0.802. The fraction of sp³-hybridized carbons (Fsp3) is 0.600. The third-order valence-electron chi connectivity index (χ3n) is 7.09. The van der Waals surface area contributed by atoms with Crippen LogP contribution in [0.2, 0.25) is 0 Å². The Morgan fingerprint density at radius 3 is 1.63 bits per heavy atom. The SMILES string of the molecule is CCCCCCCCCCCCc1ccc(-c2ccc(C3CCCCC3)cc2)cc1. The molecule has 0 atom stereocenters. The molecular formula is C30H44. The Labute approximate surface area is 186 Å². The summed E-state index contributed by atoms with van der Waals surface area (Å²) in [6.07, 6.45) is 22.4. The summed E-state index contributed by atoms with van der Waals surface area (Å²) in [6.45, 7) is 2.29. The third kappa shape index (κ3) is 7.93. The van der Waals surface area contributed by atoms with Crippen LogP contribution >= 0.6 is 0 Å². The molecule has 0 spiro atoms. The first-order valence-electron chi connectivity index (χ1n) is 13.1. The maximum Gasteiger partial charge on any atom is -0.0162 e. The summed E-state index contributed by atoms with van der Waals surface area (Å²) in [4.78, 5) is 0. The van der Waals surface area contributed by atoms with E-state index >= 15 is 0 Å². The highest BCUT2D eigenvalue weighted by Crippen LogP contribution is 2.33. The molecule has 0 heterocycles. The molecule has 1 aliphatic rings. The Hall–Kier alpha value is -1.56. The summed E-state index contributed by atoms with van der Waals surface area (Å²) in [6, 6.07) is 18.8. The Bertz CT molecular complexity index is 673. The van der Waals surface area contributed by atoms with Gasteiger partial charge >= 0.3 is 0 Å². The van der Waals surface area contributed by atoms with E-state index in [4.69, 9.17) is 0 Å². The number of benzene rings is 2. The maximum atomic E-state index is 2.38. The summed E-state index contributed by atoms with van der Waals surface area (Å²) in [5.41, 5.74) is 5.77. The highest BCUT2D eigenvalue weighted by Gasteiger charge is 2.15. The number of rotatable bonds is 13. The molecule has 1 saturated carbocycles. The van der Waals surface area contributed by atoms with E-state index in [-0.39, 0.29) is 0 Å². The van der Waals surface area contributed by atoms with Crippen LogP contribution in [-0.2, 0) is 6.42 Å². The van der Waals surface area contributed by atoms with E-state index in [1.165, 1.54) is 119 Å². The molecule has 0 radical (unpaired) electrons. The first kappa shape index (κ1) is 23.1. The molecule has 0 heteroatoms. The smallest absolute Gasteiger partial charge is 0.0162 e. The van der Waals surface area contributed by atoms with Gasteiger partial charge in [-0.05, 0) is 53.9 Å². The van der Waals surface area contributed by atoms with E-state index in [0.29, 0.717) is 0 Å². The summed E-state index contributed by atoms with van der Waals surface area (Å²) in [5.74, 6) is 0.802. The van der Waals surface area contributed by atoms with Crippen LogP contribution in [0.25, 0.3) is 11.1 Å².